The summed E-state index contributed by atoms with van der Waals surface area (Å²) in [5, 5.41) is 12.4. The standard InChI is InChI=1S/C15H23NO3/c1-12(17)7-6-10-16-11-14(15(18)19-2)13-8-4-3-5-9-13/h3-5,8-9,12,14,16-17H,6-7,10-11H2,1-2H3. The van der Waals surface area contributed by atoms with E-state index in [1.807, 2.05) is 30.3 Å². The highest BCUT2D eigenvalue weighted by Gasteiger charge is 2.20. The van der Waals surface area contributed by atoms with E-state index in [0.717, 1.165) is 24.9 Å². The Morgan fingerprint density at radius 1 is 1.37 bits per heavy atom. The molecule has 0 heterocycles. The second kappa shape index (κ2) is 8.67. The second-order valence-electron chi connectivity index (χ2n) is 4.68. The van der Waals surface area contributed by atoms with Gasteiger partial charge in [0.2, 0.25) is 0 Å². The molecule has 0 spiro atoms. The number of esters is 1. The Morgan fingerprint density at radius 2 is 2.05 bits per heavy atom. The molecular formula is C15H23NO3. The molecule has 0 bridgehead atoms. The fourth-order valence-electron chi connectivity index (χ4n) is 1.93. The summed E-state index contributed by atoms with van der Waals surface area (Å²) in [5.74, 6) is -0.507. The fourth-order valence-corrected chi connectivity index (χ4v) is 1.93. The van der Waals surface area contributed by atoms with Crippen molar-refractivity contribution in [2.45, 2.75) is 31.8 Å². The summed E-state index contributed by atoms with van der Waals surface area (Å²) >= 11 is 0. The van der Waals surface area contributed by atoms with Crippen LogP contribution >= 0.6 is 0 Å². The number of hydrogen-bond donors (Lipinski definition) is 2. The molecule has 4 heteroatoms. The van der Waals surface area contributed by atoms with E-state index >= 15 is 0 Å². The monoisotopic (exact) mass is 265 g/mol. The van der Waals surface area contributed by atoms with Crippen LogP contribution in [0.25, 0.3) is 0 Å². The molecule has 0 amide bonds. The largest absolute Gasteiger partial charge is 0.469 e. The molecule has 2 unspecified atom stereocenters. The van der Waals surface area contributed by atoms with Crippen molar-refractivity contribution in [2.24, 2.45) is 0 Å². The van der Waals surface area contributed by atoms with E-state index in [4.69, 9.17) is 9.84 Å². The van der Waals surface area contributed by atoms with E-state index in [-0.39, 0.29) is 18.0 Å². The smallest absolute Gasteiger partial charge is 0.314 e. The van der Waals surface area contributed by atoms with Crippen molar-refractivity contribution in [3.05, 3.63) is 35.9 Å². The molecule has 19 heavy (non-hydrogen) atoms. The first kappa shape index (κ1) is 15.7. The summed E-state index contributed by atoms with van der Waals surface area (Å²) in [7, 11) is 1.41. The van der Waals surface area contributed by atoms with Gasteiger partial charge in [0.25, 0.3) is 0 Å². The van der Waals surface area contributed by atoms with Gasteiger partial charge in [0.05, 0.1) is 19.1 Å². The Hall–Kier alpha value is -1.39. The molecule has 1 aromatic rings. The van der Waals surface area contributed by atoms with Gasteiger partial charge in [0.15, 0.2) is 0 Å². The van der Waals surface area contributed by atoms with Crippen molar-refractivity contribution < 1.29 is 14.6 Å². The van der Waals surface area contributed by atoms with E-state index in [1.54, 1.807) is 6.92 Å². The summed E-state index contributed by atoms with van der Waals surface area (Å²) in [6.07, 6.45) is 1.38. The summed E-state index contributed by atoms with van der Waals surface area (Å²) in [4.78, 5) is 11.8. The highest BCUT2D eigenvalue weighted by molar-refractivity contribution is 5.78. The number of rotatable bonds is 8. The predicted octanol–water partition coefficient (Wildman–Crippen LogP) is 1.69. The van der Waals surface area contributed by atoms with Gasteiger partial charge >= 0.3 is 5.97 Å². The lowest BCUT2D eigenvalue weighted by molar-refractivity contribution is -0.142. The van der Waals surface area contributed by atoms with E-state index < -0.39 is 0 Å². The average molecular weight is 265 g/mol. The van der Waals surface area contributed by atoms with Gasteiger partial charge in [-0.05, 0) is 31.9 Å². The lowest BCUT2D eigenvalue weighted by atomic mass is 9.99. The molecule has 1 aromatic carbocycles. The minimum atomic E-state index is -0.280. The Kier molecular flexibility index (Phi) is 7.15. The number of methoxy groups -OCH3 is 1. The van der Waals surface area contributed by atoms with Crippen LogP contribution in [0.5, 0.6) is 0 Å². The van der Waals surface area contributed by atoms with E-state index in [9.17, 15) is 4.79 Å². The minimum absolute atomic E-state index is 0.228. The first-order valence-corrected chi connectivity index (χ1v) is 6.66. The number of carbonyl (C=O) groups excluding carboxylic acids is 1. The molecule has 0 aromatic heterocycles. The topological polar surface area (TPSA) is 58.6 Å². The minimum Gasteiger partial charge on any atom is -0.469 e. The summed E-state index contributed by atoms with van der Waals surface area (Å²) in [6, 6.07) is 9.61. The number of aliphatic hydroxyl groups is 1. The Labute approximate surface area is 114 Å². The first-order chi connectivity index (χ1) is 9.15. The van der Waals surface area contributed by atoms with Crippen LogP contribution in [0.15, 0.2) is 30.3 Å². The van der Waals surface area contributed by atoms with Gasteiger partial charge in [0, 0.05) is 6.54 Å². The SMILES string of the molecule is COC(=O)C(CNCCCC(C)O)c1ccccc1. The highest BCUT2D eigenvalue weighted by atomic mass is 16.5. The number of aliphatic hydroxyl groups excluding tert-OH is 1. The average Bonchev–Trinajstić information content (AvgIpc) is 2.42. The molecule has 0 saturated carbocycles. The van der Waals surface area contributed by atoms with Crippen molar-refractivity contribution in [1.82, 2.24) is 5.32 Å². The van der Waals surface area contributed by atoms with Crippen LogP contribution in [0.4, 0.5) is 0 Å². The van der Waals surface area contributed by atoms with Gasteiger partial charge in [-0.1, -0.05) is 30.3 Å². The van der Waals surface area contributed by atoms with Gasteiger partial charge < -0.3 is 15.2 Å². The molecular weight excluding hydrogens is 242 g/mol. The van der Waals surface area contributed by atoms with Gasteiger partial charge in [-0.15, -0.1) is 0 Å². The van der Waals surface area contributed by atoms with E-state index in [0.29, 0.717) is 6.54 Å². The van der Waals surface area contributed by atoms with Gasteiger partial charge in [-0.2, -0.15) is 0 Å². The van der Waals surface area contributed by atoms with Crippen molar-refractivity contribution in [3.63, 3.8) is 0 Å². The zero-order valence-electron chi connectivity index (χ0n) is 11.6. The van der Waals surface area contributed by atoms with Gasteiger partial charge in [-0.3, -0.25) is 4.79 Å². The molecule has 0 saturated heterocycles. The molecule has 0 aliphatic rings. The lowest BCUT2D eigenvalue weighted by Gasteiger charge is -2.16. The van der Waals surface area contributed by atoms with Crippen LogP contribution in [0.3, 0.4) is 0 Å². The maximum Gasteiger partial charge on any atom is 0.314 e. The van der Waals surface area contributed by atoms with Crippen molar-refractivity contribution in [1.29, 1.82) is 0 Å². The molecule has 0 aliphatic carbocycles. The summed E-state index contributed by atoms with van der Waals surface area (Å²) in [6.45, 7) is 3.11. The Bertz CT molecular complexity index is 365. The third-order valence-corrected chi connectivity index (χ3v) is 3.01. The van der Waals surface area contributed by atoms with Crippen LogP contribution < -0.4 is 5.32 Å². The summed E-state index contributed by atoms with van der Waals surface area (Å²) < 4.78 is 4.84. The molecule has 2 atom stereocenters. The molecule has 106 valence electrons. The second-order valence-corrected chi connectivity index (χ2v) is 4.68. The highest BCUT2D eigenvalue weighted by Crippen LogP contribution is 2.16. The number of ether oxygens (including phenoxy) is 1. The molecule has 1 rings (SSSR count). The van der Waals surface area contributed by atoms with Crippen molar-refractivity contribution in [2.75, 3.05) is 20.2 Å². The van der Waals surface area contributed by atoms with Crippen molar-refractivity contribution in [3.8, 4) is 0 Å². The number of benzene rings is 1. The normalized spacial score (nSPS) is 13.8. The van der Waals surface area contributed by atoms with E-state index in [1.165, 1.54) is 7.11 Å². The first-order valence-electron chi connectivity index (χ1n) is 6.66. The van der Waals surface area contributed by atoms with Crippen LogP contribution in [0.2, 0.25) is 0 Å². The molecule has 0 aliphatic heterocycles. The van der Waals surface area contributed by atoms with Crippen molar-refractivity contribution >= 4 is 5.97 Å². The molecule has 4 nitrogen and oxygen atoms in total. The zero-order valence-corrected chi connectivity index (χ0v) is 11.6. The molecule has 0 radical (unpaired) electrons. The molecule has 2 N–H and O–H groups in total. The third kappa shape index (κ3) is 5.85. The Morgan fingerprint density at radius 3 is 2.63 bits per heavy atom. The number of carbonyl (C=O) groups is 1. The lowest BCUT2D eigenvalue weighted by Crippen LogP contribution is -2.28. The third-order valence-electron chi connectivity index (χ3n) is 3.01. The van der Waals surface area contributed by atoms with Crippen LogP contribution in [-0.4, -0.2) is 37.4 Å². The van der Waals surface area contributed by atoms with Crippen LogP contribution in [0, 0.1) is 0 Å². The fraction of sp³-hybridized carbons (Fsp3) is 0.533. The van der Waals surface area contributed by atoms with Gasteiger partial charge in [-0.25, -0.2) is 0 Å². The molecule has 0 fully saturated rings. The quantitative estimate of drug-likeness (QED) is 0.555. The maximum absolute atomic E-state index is 11.8. The number of nitrogens with one attached hydrogen (secondary N) is 1. The van der Waals surface area contributed by atoms with Crippen LogP contribution in [-0.2, 0) is 9.53 Å². The Balaban J connectivity index is 2.46. The predicted molar refractivity (Wildman–Crippen MR) is 75.0 cm³/mol. The van der Waals surface area contributed by atoms with Gasteiger partial charge in [0.1, 0.15) is 0 Å². The maximum atomic E-state index is 11.8. The summed E-state index contributed by atoms with van der Waals surface area (Å²) in [5.41, 5.74) is 0.956. The number of hydrogen-bond acceptors (Lipinski definition) is 4. The van der Waals surface area contributed by atoms with E-state index in [2.05, 4.69) is 5.32 Å². The van der Waals surface area contributed by atoms with Crippen LogP contribution in [0.1, 0.15) is 31.2 Å². The zero-order chi connectivity index (χ0) is 14.1.